The van der Waals surface area contributed by atoms with E-state index in [1.165, 1.54) is 6.07 Å². The van der Waals surface area contributed by atoms with Gasteiger partial charge in [-0.15, -0.1) is 6.42 Å². The summed E-state index contributed by atoms with van der Waals surface area (Å²) in [5.74, 6) is 2.14. The Morgan fingerprint density at radius 3 is 2.79 bits per heavy atom. The Bertz CT molecular complexity index is 335. The van der Waals surface area contributed by atoms with Gasteiger partial charge in [0.2, 0.25) is 0 Å². The lowest BCUT2D eigenvalue weighted by Crippen LogP contribution is -2.25. The van der Waals surface area contributed by atoms with Crippen LogP contribution in [0.2, 0.25) is 0 Å². The Labute approximate surface area is 83.5 Å². The number of nitrogen functional groups attached to an aromatic ring is 1. The summed E-state index contributed by atoms with van der Waals surface area (Å²) < 4.78 is 13.4. The van der Waals surface area contributed by atoms with Gasteiger partial charge in [0.15, 0.2) is 0 Å². The molecule has 0 unspecified atom stereocenters. The van der Waals surface area contributed by atoms with Gasteiger partial charge in [0.1, 0.15) is 5.82 Å². The van der Waals surface area contributed by atoms with Crippen LogP contribution in [0, 0.1) is 18.2 Å². The van der Waals surface area contributed by atoms with Crippen molar-refractivity contribution in [3.63, 3.8) is 0 Å². The molecule has 1 rings (SSSR count). The van der Waals surface area contributed by atoms with Crippen LogP contribution in [0.3, 0.4) is 0 Å². The lowest BCUT2D eigenvalue weighted by molar-refractivity contribution is 0.623. The highest BCUT2D eigenvalue weighted by Gasteiger charge is 2.11. The molecule has 0 saturated heterocycles. The van der Waals surface area contributed by atoms with E-state index in [0.717, 1.165) is 0 Å². The molecule has 0 atom stereocenters. The van der Waals surface area contributed by atoms with Crippen LogP contribution in [0.4, 0.5) is 15.8 Å². The van der Waals surface area contributed by atoms with Gasteiger partial charge in [-0.25, -0.2) is 4.39 Å². The maximum absolute atomic E-state index is 13.4. The van der Waals surface area contributed by atoms with E-state index in [1.807, 2.05) is 6.92 Å². The topological polar surface area (TPSA) is 29.3 Å². The Balaban J connectivity index is 3.09. The molecule has 0 spiro atoms. The molecule has 0 aliphatic heterocycles. The maximum Gasteiger partial charge on any atom is 0.148 e. The van der Waals surface area contributed by atoms with Gasteiger partial charge in [-0.2, -0.15) is 0 Å². The summed E-state index contributed by atoms with van der Waals surface area (Å²) in [6.07, 6.45) is 5.19. The SMILES string of the molecule is C#CCN(CC)c1c(N)cccc1F. The fourth-order valence-corrected chi connectivity index (χ4v) is 1.32. The first-order chi connectivity index (χ1) is 6.70. The monoisotopic (exact) mass is 192 g/mol. The average molecular weight is 192 g/mol. The molecule has 2 N–H and O–H groups in total. The number of rotatable bonds is 3. The molecular formula is C11H13FN2. The van der Waals surface area contributed by atoms with E-state index < -0.39 is 0 Å². The van der Waals surface area contributed by atoms with Gasteiger partial charge in [0.25, 0.3) is 0 Å². The van der Waals surface area contributed by atoms with E-state index in [9.17, 15) is 4.39 Å². The molecule has 14 heavy (non-hydrogen) atoms. The summed E-state index contributed by atoms with van der Waals surface area (Å²) in [4.78, 5) is 1.73. The van der Waals surface area contributed by atoms with Gasteiger partial charge in [-0.3, -0.25) is 0 Å². The van der Waals surface area contributed by atoms with E-state index >= 15 is 0 Å². The second kappa shape index (κ2) is 4.52. The second-order valence-electron chi connectivity index (χ2n) is 2.90. The molecule has 1 aromatic carbocycles. The van der Waals surface area contributed by atoms with Crippen LogP contribution >= 0.6 is 0 Å². The van der Waals surface area contributed by atoms with Crippen molar-refractivity contribution in [3.8, 4) is 12.3 Å². The molecule has 0 amide bonds. The van der Waals surface area contributed by atoms with E-state index in [0.29, 0.717) is 24.5 Å². The minimum absolute atomic E-state index is 0.331. The Morgan fingerprint density at radius 1 is 1.57 bits per heavy atom. The molecule has 0 bridgehead atoms. The predicted molar refractivity (Wildman–Crippen MR) is 57.5 cm³/mol. The standard InChI is InChI=1S/C11H13FN2/c1-3-8-14(4-2)11-9(12)6-5-7-10(11)13/h1,5-7H,4,8,13H2,2H3. The first-order valence-corrected chi connectivity index (χ1v) is 4.43. The van der Waals surface area contributed by atoms with Crippen LogP contribution in [0.25, 0.3) is 0 Å². The third kappa shape index (κ3) is 1.97. The summed E-state index contributed by atoms with van der Waals surface area (Å²) >= 11 is 0. The lowest BCUT2D eigenvalue weighted by Gasteiger charge is -2.22. The van der Waals surface area contributed by atoms with Gasteiger partial charge in [-0.05, 0) is 19.1 Å². The van der Waals surface area contributed by atoms with Crippen molar-refractivity contribution in [2.75, 3.05) is 23.7 Å². The summed E-state index contributed by atoms with van der Waals surface area (Å²) in [5, 5.41) is 0. The quantitative estimate of drug-likeness (QED) is 0.585. The fraction of sp³-hybridized carbons (Fsp3) is 0.273. The molecule has 0 aliphatic carbocycles. The van der Waals surface area contributed by atoms with Gasteiger partial charge in [0, 0.05) is 6.54 Å². The van der Waals surface area contributed by atoms with Gasteiger partial charge < -0.3 is 10.6 Å². The normalized spacial score (nSPS) is 9.50. The largest absolute Gasteiger partial charge is 0.397 e. The molecule has 0 aliphatic rings. The summed E-state index contributed by atoms with van der Waals surface area (Å²) in [6.45, 7) is 2.90. The van der Waals surface area contributed by atoms with E-state index in [-0.39, 0.29) is 5.82 Å². The highest BCUT2D eigenvalue weighted by Crippen LogP contribution is 2.25. The number of hydrogen-bond acceptors (Lipinski definition) is 2. The molecule has 0 saturated carbocycles. The molecule has 74 valence electrons. The smallest absolute Gasteiger partial charge is 0.148 e. The van der Waals surface area contributed by atoms with Crippen LogP contribution in [-0.2, 0) is 0 Å². The average Bonchev–Trinajstić information content (AvgIpc) is 2.16. The van der Waals surface area contributed by atoms with Crippen molar-refractivity contribution in [1.29, 1.82) is 0 Å². The van der Waals surface area contributed by atoms with Crippen LogP contribution in [-0.4, -0.2) is 13.1 Å². The molecule has 0 heterocycles. The molecule has 3 heteroatoms. The highest BCUT2D eigenvalue weighted by atomic mass is 19.1. The molecular weight excluding hydrogens is 179 g/mol. The van der Waals surface area contributed by atoms with Gasteiger partial charge in [0.05, 0.1) is 17.9 Å². The van der Waals surface area contributed by atoms with Crippen LogP contribution < -0.4 is 10.6 Å². The fourth-order valence-electron chi connectivity index (χ4n) is 1.32. The third-order valence-corrected chi connectivity index (χ3v) is 2.00. The van der Waals surface area contributed by atoms with Crippen molar-refractivity contribution in [2.45, 2.75) is 6.92 Å². The Hall–Kier alpha value is -1.69. The number of halogens is 1. The summed E-state index contributed by atoms with van der Waals surface area (Å²) in [6, 6.07) is 4.63. The maximum atomic E-state index is 13.4. The minimum Gasteiger partial charge on any atom is -0.397 e. The third-order valence-electron chi connectivity index (χ3n) is 2.00. The zero-order valence-corrected chi connectivity index (χ0v) is 8.13. The first-order valence-electron chi connectivity index (χ1n) is 4.43. The zero-order valence-electron chi connectivity index (χ0n) is 8.13. The van der Waals surface area contributed by atoms with Crippen LogP contribution in [0.5, 0.6) is 0 Å². The van der Waals surface area contributed by atoms with Crippen molar-refractivity contribution in [2.24, 2.45) is 0 Å². The number of nitrogens with zero attached hydrogens (tertiary/aromatic N) is 1. The first kappa shape index (κ1) is 10.4. The number of anilines is 2. The number of terminal acetylenes is 1. The summed E-state index contributed by atoms with van der Waals surface area (Å²) in [7, 11) is 0. The number of benzene rings is 1. The molecule has 0 radical (unpaired) electrons. The van der Waals surface area contributed by atoms with Crippen molar-refractivity contribution < 1.29 is 4.39 Å². The number of para-hydroxylation sites is 1. The van der Waals surface area contributed by atoms with E-state index in [1.54, 1.807) is 17.0 Å². The van der Waals surface area contributed by atoms with Crippen molar-refractivity contribution in [1.82, 2.24) is 0 Å². The Morgan fingerprint density at radius 2 is 2.29 bits per heavy atom. The predicted octanol–water partition coefficient (Wildman–Crippen LogP) is 1.87. The summed E-state index contributed by atoms with van der Waals surface area (Å²) in [5.41, 5.74) is 6.49. The number of nitrogens with two attached hydrogens (primary N) is 1. The lowest BCUT2D eigenvalue weighted by atomic mass is 10.2. The van der Waals surface area contributed by atoms with Crippen molar-refractivity contribution >= 4 is 11.4 Å². The molecule has 2 nitrogen and oxygen atoms in total. The molecule has 0 fully saturated rings. The molecule has 1 aromatic rings. The van der Waals surface area contributed by atoms with Crippen molar-refractivity contribution in [3.05, 3.63) is 24.0 Å². The van der Waals surface area contributed by atoms with E-state index in [2.05, 4.69) is 5.92 Å². The zero-order chi connectivity index (χ0) is 10.6. The second-order valence-corrected chi connectivity index (χ2v) is 2.90. The Kier molecular flexibility index (Phi) is 3.35. The molecule has 0 aromatic heterocycles. The van der Waals surface area contributed by atoms with E-state index in [4.69, 9.17) is 12.2 Å². The minimum atomic E-state index is -0.331. The highest BCUT2D eigenvalue weighted by molar-refractivity contribution is 5.68. The van der Waals surface area contributed by atoms with Crippen LogP contribution in [0.1, 0.15) is 6.92 Å². The number of hydrogen-bond donors (Lipinski definition) is 1. The van der Waals surface area contributed by atoms with Gasteiger partial charge in [-0.1, -0.05) is 12.0 Å². The van der Waals surface area contributed by atoms with Crippen LogP contribution in [0.15, 0.2) is 18.2 Å². The van der Waals surface area contributed by atoms with Gasteiger partial charge >= 0.3 is 0 Å².